The molecule has 1 aliphatic rings. The first-order chi connectivity index (χ1) is 14.5. The van der Waals surface area contributed by atoms with E-state index in [1.807, 2.05) is 30.3 Å². The first-order valence-electron chi connectivity index (χ1n) is 10.5. The van der Waals surface area contributed by atoms with Gasteiger partial charge >= 0.3 is 0 Å². The lowest BCUT2D eigenvalue weighted by Crippen LogP contribution is -2.35. The lowest BCUT2D eigenvalue weighted by atomic mass is 10.1. The van der Waals surface area contributed by atoms with Crippen molar-refractivity contribution in [1.29, 1.82) is 0 Å². The van der Waals surface area contributed by atoms with Gasteiger partial charge in [-0.2, -0.15) is 0 Å². The predicted octanol–water partition coefficient (Wildman–Crippen LogP) is 3.00. The topological polar surface area (TPSA) is 85.1 Å². The van der Waals surface area contributed by atoms with Crippen LogP contribution in [0, 0.1) is 6.92 Å². The number of carbonyl (C=O) groups excluding carboxylic acids is 2. The molecule has 1 aromatic heterocycles. The van der Waals surface area contributed by atoms with Crippen molar-refractivity contribution in [1.82, 2.24) is 14.7 Å². The van der Waals surface area contributed by atoms with E-state index in [1.54, 1.807) is 18.7 Å². The fourth-order valence-electron chi connectivity index (χ4n) is 3.82. The number of aromatic nitrogens is 2. The zero-order chi connectivity index (χ0) is 21.5. The van der Waals surface area contributed by atoms with Gasteiger partial charge < -0.3 is 10.6 Å². The molecule has 7 nitrogen and oxygen atoms in total. The van der Waals surface area contributed by atoms with Crippen LogP contribution >= 0.6 is 11.8 Å². The van der Waals surface area contributed by atoms with Crippen LogP contribution in [0.2, 0.25) is 0 Å². The Labute approximate surface area is 181 Å². The van der Waals surface area contributed by atoms with Crippen LogP contribution in [0.3, 0.4) is 0 Å². The summed E-state index contributed by atoms with van der Waals surface area (Å²) in [6.07, 6.45) is 6.89. The summed E-state index contributed by atoms with van der Waals surface area (Å²) < 4.78 is 3.25. The van der Waals surface area contributed by atoms with E-state index in [1.165, 1.54) is 29.3 Å². The van der Waals surface area contributed by atoms with Crippen molar-refractivity contribution in [3.8, 4) is 5.69 Å². The molecule has 1 aliphatic carbocycles. The van der Waals surface area contributed by atoms with Gasteiger partial charge in [-0.3, -0.25) is 19.1 Å². The van der Waals surface area contributed by atoms with E-state index in [9.17, 15) is 14.4 Å². The highest BCUT2D eigenvalue weighted by molar-refractivity contribution is 8.00. The minimum atomic E-state index is -0.284. The maximum atomic E-state index is 12.8. The van der Waals surface area contributed by atoms with Gasteiger partial charge in [-0.25, -0.2) is 4.68 Å². The van der Waals surface area contributed by atoms with Crippen molar-refractivity contribution in [3.63, 3.8) is 0 Å². The van der Waals surface area contributed by atoms with Crippen LogP contribution in [-0.2, 0) is 16.6 Å². The third-order valence-electron chi connectivity index (χ3n) is 5.51. The molecule has 1 aromatic carbocycles. The molecule has 30 heavy (non-hydrogen) atoms. The summed E-state index contributed by atoms with van der Waals surface area (Å²) in [5.74, 6) is 0.0543. The van der Waals surface area contributed by atoms with Crippen LogP contribution in [0.15, 0.2) is 35.1 Å². The van der Waals surface area contributed by atoms with Crippen LogP contribution in [0.1, 0.15) is 44.2 Å². The molecule has 0 unspecified atom stereocenters. The van der Waals surface area contributed by atoms with Crippen molar-refractivity contribution in [2.24, 2.45) is 7.05 Å². The summed E-state index contributed by atoms with van der Waals surface area (Å²) in [5.41, 5.74) is 1.41. The quantitative estimate of drug-likeness (QED) is 0.662. The summed E-state index contributed by atoms with van der Waals surface area (Å²) in [7, 11) is 1.78. The van der Waals surface area contributed by atoms with Gasteiger partial charge in [0.05, 0.1) is 22.9 Å². The fraction of sp³-hybridized carbons (Fsp3) is 0.500. The second kappa shape index (κ2) is 10.5. The number of carbonyl (C=O) groups is 2. The summed E-state index contributed by atoms with van der Waals surface area (Å²) >= 11 is 1.26. The van der Waals surface area contributed by atoms with Crippen LogP contribution in [0.25, 0.3) is 5.69 Å². The van der Waals surface area contributed by atoms with E-state index in [4.69, 9.17) is 0 Å². The second-order valence-corrected chi connectivity index (χ2v) is 8.72. The molecule has 0 radical (unpaired) electrons. The van der Waals surface area contributed by atoms with E-state index < -0.39 is 0 Å². The largest absolute Gasteiger partial charge is 0.353 e. The van der Waals surface area contributed by atoms with Crippen LogP contribution in [0.4, 0.5) is 5.69 Å². The van der Waals surface area contributed by atoms with Gasteiger partial charge in [0.25, 0.3) is 5.56 Å². The van der Waals surface area contributed by atoms with Crippen molar-refractivity contribution in [2.75, 3.05) is 16.8 Å². The van der Waals surface area contributed by atoms with Gasteiger partial charge in [-0.15, -0.1) is 11.8 Å². The standard InChI is InChI=1S/C22H30N4O3S/c1-16-21(22(29)26(25(16)2)18-12-8-5-9-13-18)24-20(28)15-30-14-19(27)23-17-10-6-3-4-7-11-17/h5,8-9,12-13,17H,3-4,6-7,10-11,14-15H2,1-2H3,(H,23,27)(H,24,28). The highest BCUT2D eigenvalue weighted by Crippen LogP contribution is 2.18. The molecule has 2 N–H and O–H groups in total. The molecule has 8 heteroatoms. The minimum absolute atomic E-state index is 0.0259. The monoisotopic (exact) mass is 430 g/mol. The summed E-state index contributed by atoms with van der Waals surface area (Å²) in [4.78, 5) is 37.4. The van der Waals surface area contributed by atoms with Gasteiger partial charge in [0.1, 0.15) is 5.69 Å². The Morgan fingerprint density at radius 3 is 2.33 bits per heavy atom. The average Bonchev–Trinajstić information content (AvgIpc) is 2.91. The Hall–Kier alpha value is -2.48. The zero-order valence-electron chi connectivity index (χ0n) is 17.6. The van der Waals surface area contributed by atoms with E-state index in [0.29, 0.717) is 5.69 Å². The number of anilines is 1. The van der Waals surface area contributed by atoms with Crippen LogP contribution < -0.4 is 16.2 Å². The molecule has 0 spiro atoms. The number of thioether (sulfide) groups is 1. The average molecular weight is 431 g/mol. The third kappa shape index (κ3) is 5.56. The molecule has 1 heterocycles. The molecule has 0 bridgehead atoms. The third-order valence-corrected chi connectivity index (χ3v) is 6.44. The lowest BCUT2D eigenvalue weighted by Gasteiger charge is -2.15. The van der Waals surface area contributed by atoms with E-state index in [-0.39, 0.29) is 40.6 Å². The lowest BCUT2D eigenvalue weighted by molar-refractivity contribution is -0.119. The highest BCUT2D eigenvalue weighted by Gasteiger charge is 2.19. The maximum Gasteiger partial charge on any atom is 0.295 e. The normalized spacial score (nSPS) is 14.9. The number of benzene rings is 1. The summed E-state index contributed by atoms with van der Waals surface area (Å²) in [6.45, 7) is 1.80. The number of para-hydroxylation sites is 1. The summed E-state index contributed by atoms with van der Waals surface area (Å²) in [6, 6.07) is 9.55. The molecular weight excluding hydrogens is 400 g/mol. The van der Waals surface area contributed by atoms with Gasteiger partial charge in [0.15, 0.2) is 0 Å². The fourth-order valence-corrected chi connectivity index (χ4v) is 4.45. The van der Waals surface area contributed by atoms with Crippen molar-refractivity contribution < 1.29 is 9.59 Å². The number of hydrogen-bond donors (Lipinski definition) is 2. The molecule has 3 rings (SSSR count). The molecule has 2 amide bonds. The van der Waals surface area contributed by atoms with Gasteiger partial charge in [-0.05, 0) is 31.9 Å². The molecule has 1 saturated carbocycles. The van der Waals surface area contributed by atoms with Crippen molar-refractivity contribution in [3.05, 3.63) is 46.4 Å². The van der Waals surface area contributed by atoms with Crippen molar-refractivity contribution in [2.45, 2.75) is 51.5 Å². The van der Waals surface area contributed by atoms with Crippen LogP contribution in [0.5, 0.6) is 0 Å². The van der Waals surface area contributed by atoms with Crippen molar-refractivity contribution >= 4 is 29.3 Å². The van der Waals surface area contributed by atoms with Gasteiger partial charge in [0, 0.05) is 13.1 Å². The highest BCUT2D eigenvalue weighted by atomic mass is 32.2. The Kier molecular flexibility index (Phi) is 7.79. The Morgan fingerprint density at radius 2 is 1.67 bits per heavy atom. The van der Waals surface area contributed by atoms with Crippen LogP contribution in [-0.4, -0.2) is 38.7 Å². The number of rotatable bonds is 7. The first kappa shape index (κ1) is 22.2. The number of amides is 2. The Bertz CT molecular complexity index is 928. The number of hydrogen-bond acceptors (Lipinski definition) is 4. The zero-order valence-corrected chi connectivity index (χ0v) is 18.5. The molecule has 162 valence electrons. The predicted molar refractivity (Wildman–Crippen MR) is 121 cm³/mol. The Morgan fingerprint density at radius 1 is 1.03 bits per heavy atom. The first-order valence-corrected chi connectivity index (χ1v) is 11.6. The maximum absolute atomic E-state index is 12.8. The molecular formula is C22H30N4O3S. The molecule has 0 atom stereocenters. The summed E-state index contributed by atoms with van der Waals surface area (Å²) in [5, 5.41) is 5.81. The Balaban J connectivity index is 1.53. The van der Waals surface area contributed by atoms with Gasteiger partial charge in [0.2, 0.25) is 11.8 Å². The number of nitrogens with zero attached hydrogens (tertiary/aromatic N) is 2. The van der Waals surface area contributed by atoms with E-state index >= 15 is 0 Å². The van der Waals surface area contributed by atoms with E-state index in [0.717, 1.165) is 31.4 Å². The minimum Gasteiger partial charge on any atom is -0.353 e. The molecule has 2 aromatic rings. The van der Waals surface area contributed by atoms with E-state index in [2.05, 4.69) is 10.6 Å². The second-order valence-electron chi connectivity index (χ2n) is 7.73. The smallest absolute Gasteiger partial charge is 0.295 e. The SMILES string of the molecule is Cc1c(NC(=O)CSCC(=O)NC2CCCCCC2)c(=O)n(-c2ccccc2)n1C. The molecule has 0 aliphatic heterocycles. The molecule has 0 saturated heterocycles. The molecule has 1 fully saturated rings. The number of nitrogens with one attached hydrogen (secondary N) is 2. The van der Waals surface area contributed by atoms with Gasteiger partial charge in [-0.1, -0.05) is 43.9 Å².